The first-order valence-corrected chi connectivity index (χ1v) is 14.8. The van der Waals surface area contributed by atoms with Gasteiger partial charge in [0.25, 0.3) is 0 Å². The minimum absolute atomic E-state index is 0.0149. The van der Waals surface area contributed by atoms with Crippen LogP contribution in [-0.2, 0) is 26.2 Å². The van der Waals surface area contributed by atoms with Gasteiger partial charge in [-0.1, -0.05) is 78.8 Å². The Morgan fingerprint density at radius 3 is 2.28 bits per heavy atom. The molecule has 2 aromatic carbocycles. The van der Waals surface area contributed by atoms with Crippen LogP contribution in [0.25, 0.3) is 0 Å². The number of sulfonamides is 1. The average Bonchev–Trinajstić information content (AvgIpc) is 3.33. The van der Waals surface area contributed by atoms with Crippen LogP contribution in [0.3, 0.4) is 0 Å². The Kier molecular flexibility index (Phi) is 9.92. The molecule has 0 unspecified atom stereocenters. The molecule has 0 radical (unpaired) electrons. The molecule has 7 nitrogen and oxygen atoms in total. The van der Waals surface area contributed by atoms with Gasteiger partial charge in [0.1, 0.15) is 12.6 Å². The summed E-state index contributed by atoms with van der Waals surface area (Å²) >= 11 is 18.8. The van der Waals surface area contributed by atoms with Crippen LogP contribution in [-0.4, -0.2) is 50.0 Å². The maximum absolute atomic E-state index is 13.7. The molecule has 11 heteroatoms. The van der Waals surface area contributed by atoms with E-state index in [-0.39, 0.29) is 34.2 Å². The summed E-state index contributed by atoms with van der Waals surface area (Å²) < 4.78 is 26.4. The smallest absolute Gasteiger partial charge is 0.244 e. The number of nitrogens with one attached hydrogen (secondary N) is 1. The van der Waals surface area contributed by atoms with Crippen LogP contribution in [0.1, 0.15) is 44.6 Å². The SMILES string of the molecule is CC[C@@H](C(=O)NC1CCCC1)N(Cc1ccccc1Cl)C(=O)CN(c1cccc(Cl)c1Cl)S(C)(=O)=O. The van der Waals surface area contributed by atoms with E-state index in [0.29, 0.717) is 17.0 Å². The van der Waals surface area contributed by atoms with E-state index in [9.17, 15) is 18.0 Å². The maximum atomic E-state index is 13.7. The van der Waals surface area contributed by atoms with Crippen molar-refractivity contribution in [2.75, 3.05) is 17.1 Å². The van der Waals surface area contributed by atoms with Crippen LogP contribution in [0.15, 0.2) is 42.5 Å². The van der Waals surface area contributed by atoms with Crippen LogP contribution in [0.5, 0.6) is 0 Å². The molecule has 0 aliphatic heterocycles. The summed E-state index contributed by atoms with van der Waals surface area (Å²) in [5, 5.41) is 3.68. The van der Waals surface area contributed by atoms with Crippen molar-refractivity contribution >= 4 is 62.3 Å². The van der Waals surface area contributed by atoms with Gasteiger partial charge < -0.3 is 10.2 Å². The Morgan fingerprint density at radius 1 is 1.03 bits per heavy atom. The van der Waals surface area contributed by atoms with Gasteiger partial charge in [0.2, 0.25) is 21.8 Å². The number of anilines is 1. The number of hydrogen-bond donors (Lipinski definition) is 1. The molecule has 196 valence electrons. The van der Waals surface area contributed by atoms with E-state index in [1.165, 1.54) is 17.0 Å². The van der Waals surface area contributed by atoms with Crippen LogP contribution in [0, 0.1) is 0 Å². The number of benzene rings is 2. The van der Waals surface area contributed by atoms with Gasteiger partial charge in [0.05, 0.1) is 22.0 Å². The van der Waals surface area contributed by atoms with Crippen molar-refractivity contribution in [2.45, 2.75) is 57.7 Å². The van der Waals surface area contributed by atoms with Crippen LogP contribution in [0.2, 0.25) is 15.1 Å². The Morgan fingerprint density at radius 2 is 1.67 bits per heavy atom. The van der Waals surface area contributed by atoms with E-state index in [2.05, 4.69) is 5.32 Å². The highest BCUT2D eigenvalue weighted by atomic mass is 35.5. The van der Waals surface area contributed by atoms with Crippen molar-refractivity contribution in [3.63, 3.8) is 0 Å². The second kappa shape index (κ2) is 12.5. The van der Waals surface area contributed by atoms with Gasteiger partial charge in [0, 0.05) is 17.6 Å². The highest BCUT2D eigenvalue weighted by molar-refractivity contribution is 7.92. The van der Waals surface area contributed by atoms with Crippen molar-refractivity contribution in [1.29, 1.82) is 0 Å². The number of nitrogens with zero attached hydrogens (tertiary/aromatic N) is 2. The zero-order valence-electron chi connectivity index (χ0n) is 20.2. The number of hydrogen-bond acceptors (Lipinski definition) is 4. The molecule has 2 aromatic rings. The molecule has 0 aromatic heterocycles. The monoisotopic (exact) mass is 573 g/mol. The second-order valence-electron chi connectivity index (χ2n) is 8.87. The predicted molar refractivity (Wildman–Crippen MR) is 145 cm³/mol. The van der Waals surface area contributed by atoms with Crippen LogP contribution in [0.4, 0.5) is 5.69 Å². The zero-order chi connectivity index (χ0) is 26.5. The van der Waals surface area contributed by atoms with Gasteiger partial charge >= 0.3 is 0 Å². The highest BCUT2D eigenvalue weighted by Gasteiger charge is 2.33. The molecule has 36 heavy (non-hydrogen) atoms. The Bertz CT molecular complexity index is 1200. The normalized spacial score (nSPS) is 14.9. The molecule has 0 saturated heterocycles. The number of amides is 2. The minimum Gasteiger partial charge on any atom is -0.352 e. The third-order valence-electron chi connectivity index (χ3n) is 6.27. The fourth-order valence-electron chi connectivity index (χ4n) is 4.38. The Labute approximate surface area is 227 Å². The van der Waals surface area contributed by atoms with Gasteiger partial charge in [-0.05, 0) is 43.0 Å². The summed E-state index contributed by atoms with van der Waals surface area (Å²) in [6.07, 6.45) is 5.22. The summed E-state index contributed by atoms with van der Waals surface area (Å²) in [7, 11) is -3.92. The Balaban J connectivity index is 1.96. The lowest BCUT2D eigenvalue weighted by atomic mass is 10.1. The summed E-state index contributed by atoms with van der Waals surface area (Å²) in [6, 6.07) is 10.8. The van der Waals surface area contributed by atoms with Gasteiger partial charge in [-0.15, -0.1) is 0 Å². The molecule has 0 spiro atoms. The van der Waals surface area contributed by atoms with Gasteiger partial charge in [-0.2, -0.15) is 0 Å². The quantitative estimate of drug-likeness (QED) is 0.418. The predicted octanol–water partition coefficient (Wildman–Crippen LogP) is 5.28. The van der Waals surface area contributed by atoms with E-state index >= 15 is 0 Å². The molecule has 0 heterocycles. The third-order valence-corrected chi connectivity index (χ3v) is 8.57. The standard InChI is InChI=1S/C25H30Cl3N3O4S/c1-3-21(25(33)29-18-10-5-6-11-18)30(15-17-9-4-7-12-19(17)26)23(32)16-31(36(2,34)35)22-14-8-13-20(27)24(22)28/h4,7-9,12-14,18,21H,3,5-6,10-11,15-16H2,1-2H3,(H,29,33)/t21-/m0/s1. The van der Waals surface area contributed by atoms with Crippen molar-refractivity contribution in [3.8, 4) is 0 Å². The number of halogens is 3. The molecule has 1 aliphatic carbocycles. The summed E-state index contributed by atoms with van der Waals surface area (Å²) in [5.41, 5.74) is 0.729. The average molecular weight is 575 g/mol. The van der Waals surface area contributed by atoms with E-state index in [4.69, 9.17) is 34.8 Å². The summed E-state index contributed by atoms with van der Waals surface area (Å²) in [5.74, 6) is -0.832. The van der Waals surface area contributed by atoms with E-state index in [1.807, 2.05) is 6.92 Å². The largest absolute Gasteiger partial charge is 0.352 e. The number of carbonyl (C=O) groups excluding carboxylic acids is 2. The Hall–Kier alpha value is -2.00. The molecule has 1 aliphatic rings. The molecule has 1 saturated carbocycles. The lowest BCUT2D eigenvalue weighted by Crippen LogP contribution is -2.53. The first-order chi connectivity index (χ1) is 17.0. The first-order valence-electron chi connectivity index (χ1n) is 11.8. The summed E-state index contributed by atoms with van der Waals surface area (Å²) in [4.78, 5) is 28.4. The van der Waals surface area contributed by atoms with E-state index < -0.39 is 28.5 Å². The van der Waals surface area contributed by atoms with Crippen molar-refractivity contribution < 1.29 is 18.0 Å². The van der Waals surface area contributed by atoms with Crippen molar-refractivity contribution in [1.82, 2.24) is 10.2 Å². The van der Waals surface area contributed by atoms with E-state index in [0.717, 1.165) is 36.2 Å². The van der Waals surface area contributed by atoms with Crippen molar-refractivity contribution in [2.24, 2.45) is 0 Å². The summed E-state index contributed by atoms with van der Waals surface area (Å²) in [6.45, 7) is 1.29. The minimum atomic E-state index is -3.92. The number of carbonyl (C=O) groups is 2. The molecule has 3 rings (SSSR count). The lowest BCUT2D eigenvalue weighted by Gasteiger charge is -2.33. The fourth-order valence-corrected chi connectivity index (χ4v) is 5.87. The third kappa shape index (κ3) is 7.06. The molecular weight excluding hydrogens is 545 g/mol. The van der Waals surface area contributed by atoms with Gasteiger partial charge in [-0.3, -0.25) is 13.9 Å². The topological polar surface area (TPSA) is 86.8 Å². The maximum Gasteiger partial charge on any atom is 0.244 e. The molecule has 1 N–H and O–H groups in total. The highest BCUT2D eigenvalue weighted by Crippen LogP contribution is 2.34. The molecule has 0 bridgehead atoms. The van der Waals surface area contributed by atoms with Crippen LogP contribution >= 0.6 is 34.8 Å². The second-order valence-corrected chi connectivity index (χ2v) is 12.0. The molecule has 1 atom stereocenters. The number of rotatable bonds is 10. The van der Waals surface area contributed by atoms with E-state index in [1.54, 1.807) is 30.3 Å². The zero-order valence-corrected chi connectivity index (χ0v) is 23.3. The van der Waals surface area contributed by atoms with Crippen molar-refractivity contribution in [3.05, 3.63) is 63.1 Å². The first kappa shape index (κ1) is 28.6. The fraction of sp³-hybridized carbons (Fsp3) is 0.440. The molecule has 1 fully saturated rings. The van der Waals surface area contributed by atoms with Gasteiger partial charge in [0.15, 0.2) is 0 Å². The van der Waals surface area contributed by atoms with Gasteiger partial charge in [-0.25, -0.2) is 8.42 Å². The lowest BCUT2D eigenvalue weighted by molar-refractivity contribution is -0.140. The molecule has 2 amide bonds. The molecular formula is C25H30Cl3N3O4S. The van der Waals surface area contributed by atoms with Crippen LogP contribution < -0.4 is 9.62 Å².